The van der Waals surface area contributed by atoms with E-state index in [9.17, 15) is 0 Å². The van der Waals surface area contributed by atoms with Crippen LogP contribution in [0.4, 0.5) is 11.6 Å². The molecule has 0 radical (unpaired) electrons. The van der Waals surface area contributed by atoms with Gasteiger partial charge in [-0.15, -0.1) is 0 Å². The molecule has 0 atom stereocenters. The van der Waals surface area contributed by atoms with E-state index in [1.54, 1.807) is 12.7 Å². The summed E-state index contributed by atoms with van der Waals surface area (Å²) in [6, 6.07) is 0. The lowest BCUT2D eigenvalue weighted by molar-refractivity contribution is 0.594. The van der Waals surface area contributed by atoms with Gasteiger partial charge in [-0.25, -0.2) is 29.9 Å². The average molecular weight is 324 g/mol. The number of nitrogens with zero attached hydrogens (tertiary/aromatic N) is 8. The molecule has 122 valence electrons. The molecule has 0 fully saturated rings. The molecule has 0 aliphatic rings. The summed E-state index contributed by atoms with van der Waals surface area (Å²) in [6.07, 6.45) is 6.61. The lowest BCUT2D eigenvalue weighted by Crippen LogP contribution is -2.07. The summed E-state index contributed by atoms with van der Waals surface area (Å²) in [6.45, 7) is 1.39. The topological polar surface area (TPSA) is 111 Å². The Balaban J connectivity index is 1.64. The predicted octanol–water partition coefficient (Wildman–Crippen LogP) is 0.750. The highest BCUT2D eigenvalue weighted by molar-refractivity contribution is 5.83. The summed E-state index contributed by atoms with van der Waals surface area (Å²) in [5, 5.41) is 6.05. The zero-order valence-electron chi connectivity index (χ0n) is 13.3. The lowest BCUT2D eigenvalue weighted by atomic mass is 10.4. The summed E-state index contributed by atoms with van der Waals surface area (Å²) in [7, 11) is 3.63. The maximum absolute atomic E-state index is 4.39. The van der Waals surface area contributed by atoms with E-state index in [1.807, 2.05) is 23.2 Å². The van der Waals surface area contributed by atoms with Crippen molar-refractivity contribution in [3.8, 4) is 0 Å². The van der Waals surface area contributed by atoms with Crippen LogP contribution in [0.3, 0.4) is 0 Å². The third kappa shape index (κ3) is 2.19. The molecule has 0 aliphatic heterocycles. The van der Waals surface area contributed by atoms with Gasteiger partial charge in [0.05, 0.1) is 12.7 Å². The van der Waals surface area contributed by atoms with Crippen molar-refractivity contribution < 1.29 is 0 Å². The highest BCUT2D eigenvalue weighted by Gasteiger charge is 2.11. The number of rotatable bonds is 5. The number of nitrogens with one attached hydrogen (secondary N) is 2. The molecule has 4 rings (SSSR count). The van der Waals surface area contributed by atoms with Crippen molar-refractivity contribution in [2.24, 2.45) is 0 Å². The first kappa shape index (κ1) is 14.3. The van der Waals surface area contributed by atoms with Crippen molar-refractivity contribution in [2.75, 3.05) is 24.7 Å². The second-order valence-electron chi connectivity index (χ2n) is 5.16. The largest absolute Gasteiger partial charge is 0.371 e. The number of hydrogen-bond acceptors (Lipinski definition) is 8. The summed E-state index contributed by atoms with van der Waals surface area (Å²) in [5.74, 6) is 1.44. The third-order valence-corrected chi connectivity index (χ3v) is 3.86. The normalized spacial score (nSPS) is 11.2. The zero-order valence-corrected chi connectivity index (χ0v) is 13.3. The molecule has 0 amide bonds. The Morgan fingerprint density at radius 2 is 1.17 bits per heavy atom. The van der Waals surface area contributed by atoms with Crippen LogP contribution in [0.25, 0.3) is 22.3 Å². The van der Waals surface area contributed by atoms with E-state index in [0.717, 1.165) is 34.0 Å². The zero-order chi connectivity index (χ0) is 16.5. The Morgan fingerprint density at radius 1 is 0.708 bits per heavy atom. The molecule has 2 N–H and O–H groups in total. The van der Waals surface area contributed by atoms with Gasteiger partial charge in [0.25, 0.3) is 0 Å². The molecule has 10 nitrogen and oxygen atoms in total. The molecule has 4 heterocycles. The number of imidazole rings is 2. The van der Waals surface area contributed by atoms with E-state index in [0.29, 0.717) is 13.1 Å². The second-order valence-corrected chi connectivity index (χ2v) is 5.16. The van der Waals surface area contributed by atoms with E-state index < -0.39 is 0 Å². The van der Waals surface area contributed by atoms with E-state index in [2.05, 4.69) is 40.5 Å². The van der Waals surface area contributed by atoms with Crippen LogP contribution in [0.1, 0.15) is 0 Å². The first-order chi connectivity index (χ1) is 11.8. The minimum atomic E-state index is 0.695. The Bertz CT molecular complexity index is 919. The molecule has 0 unspecified atom stereocenters. The highest BCUT2D eigenvalue weighted by atomic mass is 15.2. The van der Waals surface area contributed by atoms with Gasteiger partial charge in [-0.3, -0.25) is 0 Å². The first-order valence-corrected chi connectivity index (χ1v) is 7.49. The maximum Gasteiger partial charge on any atom is 0.165 e. The van der Waals surface area contributed by atoms with Gasteiger partial charge < -0.3 is 19.8 Å². The molecular formula is C14H16N10. The van der Waals surface area contributed by atoms with Crippen molar-refractivity contribution >= 4 is 34.0 Å². The van der Waals surface area contributed by atoms with Gasteiger partial charge >= 0.3 is 0 Å². The van der Waals surface area contributed by atoms with Crippen molar-refractivity contribution in [2.45, 2.75) is 13.1 Å². The van der Waals surface area contributed by atoms with Gasteiger partial charge in [0.15, 0.2) is 22.9 Å². The Kier molecular flexibility index (Phi) is 3.41. The van der Waals surface area contributed by atoms with Crippen LogP contribution in [-0.2, 0) is 13.1 Å². The summed E-state index contributed by atoms with van der Waals surface area (Å²) in [4.78, 5) is 25.8. The molecule has 0 saturated heterocycles. The van der Waals surface area contributed by atoms with Crippen LogP contribution >= 0.6 is 0 Å². The van der Waals surface area contributed by atoms with Crippen LogP contribution in [-0.4, -0.2) is 53.1 Å². The fourth-order valence-electron chi connectivity index (χ4n) is 2.67. The molecular weight excluding hydrogens is 308 g/mol. The Hall–Kier alpha value is -3.30. The van der Waals surface area contributed by atoms with Crippen molar-refractivity contribution in [3.63, 3.8) is 0 Å². The third-order valence-electron chi connectivity index (χ3n) is 3.86. The molecule has 0 saturated carbocycles. The Morgan fingerprint density at radius 3 is 1.58 bits per heavy atom. The molecule has 0 aliphatic carbocycles. The average Bonchev–Trinajstić information content (AvgIpc) is 3.23. The minimum Gasteiger partial charge on any atom is -0.371 e. The standard InChI is InChI=1S/C14H16N10/c1-15-11-9-13(19-5-17-11)23(7-21-9)3-4-24-8-22-10-12(16-2)18-6-20-14(10)24/h5-8H,3-4H2,1-2H3,(H,15,17,19)(H,16,18,20). The van der Waals surface area contributed by atoms with E-state index in [1.165, 1.54) is 12.7 Å². The van der Waals surface area contributed by atoms with Crippen molar-refractivity contribution in [3.05, 3.63) is 25.3 Å². The quantitative estimate of drug-likeness (QED) is 0.553. The van der Waals surface area contributed by atoms with Crippen LogP contribution in [0.15, 0.2) is 25.3 Å². The van der Waals surface area contributed by atoms with E-state index in [4.69, 9.17) is 0 Å². The summed E-state index contributed by atoms with van der Waals surface area (Å²) < 4.78 is 3.98. The maximum atomic E-state index is 4.39. The fraction of sp³-hybridized carbons (Fsp3) is 0.286. The number of fused-ring (bicyclic) bond motifs is 2. The Labute approximate surface area is 137 Å². The lowest BCUT2D eigenvalue weighted by Gasteiger charge is -2.06. The van der Waals surface area contributed by atoms with E-state index in [-0.39, 0.29) is 0 Å². The number of hydrogen-bond donors (Lipinski definition) is 2. The van der Waals surface area contributed by atoms with Gasteiger partial charge in [0.1, 0.15) is 23.7 Å². The fourth-order valence-corrected chi connectivity index (χ4v) is 2.67. The van der Waals surface area contributed by atoms with Gasteiger partial charge in [-0.2, -0.15) is 0 Å². The summed E-state index contributed by atoms with van der Waals surface area (Å²) in [5.41, 5.74) is 3.11. The van der Waals surface area contributed by atoms with Crippen LogP contribution in [0, 0.1) is 0 Å². The minimum absolute atomic E-state index is 0.695. The van der Waals surface area contributed by atoms with Gasteiger partial charge in [-0.05, 0) is 0 Å². The molecule has 10 heteroatoms. The van der Waals surface area contributed by atoms with Gasteiger partial charge in [-0.1, -0.05) is 0 Å². The SMILES string of the molecule is CNc1ncnc2c1ncn2CCn1cnc2c(NC)ncnc21. The number of anilines is 2. The molecule has 0 bridgehead atoms. The van der Waals surface area contributed by atoms with Crippen molar-refractivity contribution in [1.29, 1.82) is 0 Å². The molecule has 4 aromatic heterocycles. The first-order valence-electron chi connectivity index (χ1n) is 7.49. The molecule has 24 heavy (non-hydrogen) atoms. The monoisotopic (exact) mass is 324 g/mol. The van der Waals surface area contributed by atoms with Crippen molar-refractivity contribution in [1.82, 2.24) is 39.0 Å². The van der Waals surface area contributed by atoms with Crippen LogP contribution in [0.2, 0.25) is 0 Å². The highest BCUT2D eigenvalue weighted by Crippen LogP contribution is 2.18. The second kappa shape index (κ2) is 5.72. The van der Waals surface area contributed by atoms with Crippen LogP contribution < -0.4 is 10.6 Å². The van der Waals surface area contributed by atoms with Gasteiger partial charge in [0.2, 0.25) is 0 Å². The van der Waals surface area contributed by atoms with Crippen LogP contribution in [0.5, 0.6) is 0 Å². The number of aromatic nitrogens is 8. The predicted molar refractivity (Wildman–Crippen MR) is 89.7 cm³/mol. The molecule has 0 spiro atoms. The molecule has 4 aromatic rings. The van der Waals surface area contributed by atoms with Gasteiger partial charge in [0, 0.05) is 27.2 Å². The van der Waals surface area contributed by atoms with E-state index >= 15 is 0 Å². The smallest absolute Gasteiger partial charge is 0.165 e. The summed E-state index contributed by atoms with van der Waals surface area (Å²) >= 11 is 0. The number of aryl methyl sites for hydroxylation is 2. The molecule has 0 aromatic carbocycles.